The average molecular weight is 273 g/mol. The highest BCUT2D eigenvalue weighted by atomic mass is 15.2. The minimum absolute atomic E-state index is 0.543. The minimum atomic E-state index is 0.543. The zero-order valence-corrected chi connectivity index (χ0v) is 12.9. The summed E-state index contributed by atoms with van der Waals surface area (Å²) >= 11 is 0. The Hall–Kier alpha value is -1.09. The van der Waals surface area contributed by atoms with Gasteiger partial charge in [-0.1, -0.05) is 26.3 Å². The monoisotopic (exact) mass is 273 g/mol. The van der Waals surface area contributed by atoms with Crippen molar-refractivity contribution in [2.45, 2.75) is 58.5 Å². The SMILES string of the molecule is CCC1(C)CCN(c2cccc(CNC3CC3)n2)CC1. The van der Waals surface area contributed by atoms with Crippen LogP contribution in [0.4, 0.5) is 5.82 Å². The molecule has 3 nitrogen and oxygen atoms in total. The first-order chi connectivity index (χ1) is 9.68. The Morgan fingerprint density at radius 2 is 2.05 bits per heavy atom. The van der Waals surface area contributed by atoms with Crippen LogP contribution >= 0.6 is 0 Å². The summed E-state index contributed by atoms with van der Waals surface area (Å²) in [6.45, 7) is 7.96. The highest BCUT2D eigenvalue weighted by Gasteiger charge is 2.28. The molecule has 1 saturated carbocycles. The molecule has 1 aromatic rings. The van der Waals surface area contributed by atoms with Gasteiger partial charge < -0.3 is 10.2 Å². The van der Waals surface area contributed by atoms with Gasteiger partial charge in [-0.3, -0.25) is 0 Å². The summed E-state index contributed by atoms with van der Waals surface area (Å²) in [5.41, 5.74) is 1.72. The second-order valence-corrected chi connectivity index (χ2v) is 6.79. The summed E-state index contributed by atoms with van der Waals surface area (Å²) < 4.78 is 0. The number of anilines is 1. The van der Waals surface area contributed by atoms with Gasteiger partial charge in [0.15, 0.2) is 0 Å². The number of nitrogens with one attached hydrogen (secondary N) is 1. The van der Waals surface area contributed by atoms with Gasteiger partial charge in [-0.2, -0.15) is 0 Å². The summed E-state index contributed by atoms with van der Waals surface area (Å²) in [5.74, 6) is 1.17. The topological polar surface area (TPSA) is 28.2 Å². The largest absolute Gasteiger partial charge is 0.357 e. The van der Waals surface area contributed by atoms with Crippen molar-refractivity contribution in [2.24, 2.45) is 5.41 Å². The number of hydrogen-bond donors (Lipinski definition) is 1. The van der Waals surface area contributed by atoms with Crippen LogP contribution in [0.1, 0.15) is 51.6 Å². The van der Waals surface area contributed by atoms with E-state index in [4.69, 9.17) is 4.98 Å². The third kappa shape index (κ3) is 3.32. The molecular formula is C17H27N3. The van der Waals surface area contributed by atoms with Gasteiger partial charge in [0.1, 0.15) is 5.82 Å². The van der Waals surface area contributed by atoms with E-state index in [0.29, 0.717) is 5.41 Å². The predicted octanol–water partition coefficient (Wildman–Crippen LogP) is 3.35. The van der Waals surface area contributed by atoms with Gasteiger partial charge in [0.2, 0.25) is 0 Å². The number of hydrogen-bond acceptors (Lipinski definition) is 3. The lowest BCUT2D eigenvalue weighted by molar-refractivity contribution is 0.238. The molecule has 20 heavy (non-hydrogen) atoms. The predicted molar refractivity (Wildman–Crippen MR) is 83.9 cm³/mol. The Labute approximate surface area is 122 Å². The average Bonchev–Trinajstić information content (AvgIpc) is 3.30. The third-order valence-electron chi connectivity index (χ3n) is 5.09. The van der Waals surface area contributed by atoms with Gasteiger partial charge in [-0.25, -0.2) is 4.98 Å². The molecule has 3 heteroatoms. The number of nitrogens with zero attached hydrogens (tertiary/aromatic N) is 2. The van der Waals surface area contributed by atoms with Crippen molar-refractivity contribution in [2.75, 3.05) is 18.0 Å². The number of aromatic nitrogens is 1. The highest BCUT2D eigenvalue weighted by Crippen LogP contribution is 2.35. The molecule has 1 aromatic heterocycles. The Morgan fingerprint density at radius 3 is 2.70 bits per heavy atom. The minimum Gasteiger partial charge on any atom is -0.357 e. The van der Waals surface area contributed by atoms with E-state index in [-0.39, 0.29) is 0 Å². The standard InChI is InChI=1S/C17H27N3/c1-3-17(2)9-11-20(12-10-17)16-6-4-5-15(19-16)13-18-14-7-8-14/h4-6,14,18H,3,7-13H2,1-2H3. The van der Waals surface area contributed by atoms with Crippen LogP contribution in [0, 0.1) is 5.41 Å². The molecule has 0 radical (unpaired) electrons. The van der Waals surface area contributed by atoms with Gasteiger partial charge >= 0.3 is 0 Å². The van der Waals surface area contributed by atoms with Gasteiger partial charge in [0.05, 0.1) is 5.69 Å². The number of piperidine rings is 1. The fourth-order valence-electron chi connectivity index (χ4n) is 2.91. The van der Waals surface area contributed by atoms with Gasteiger partial charge in [-0.15, -0.1) is 0 Å². The first-order valence-electron chi connectivity index (χ1n) is 8.13. The lowest BCUT2D eigenvalue weighted by Gasteiger charge is -2.39. The van der Waals surface area contributed by atoms with Crippen LogP contribution in [0.3, 0.4) is 0 Å². The molecule has 1 saturated heterocycles. The molecule has 2 aliphatic rings. The highest BCUT2D eigenvalue weighted by molar-refractivity contribution is 5.40. The first-order valence-corrected chi connectivity index (χ1v) is 8.13. The van der Waals surface area contributed by atoms with Crippen molar-refractivity contribution in [1.82, 2.24) is 10.3 Å². The molecule has 1 N–H and O–H groups in total. The van der Waals surface area contributed by atoms with Crippen molar-refractivity contribution in [3.05, 3.63) is 23.9 Å². The first kappa shape index (κ1) is 13.9. The normalized spacial score (nSPS) is 22.0. The quantitative estimate of drug-likeness (QED) is 0.891. The van der Waals surface area contributed by atoms with Crippen LogP contribution < -0.4 is 10.2 Å². The smallest absolute Gasteiger partial charge is 0.128 e. The number of rotatable bonds is 5. The van der Waals surface area contributed by atoms with Gasteiger partial charge in [0, 0.05) is 25.7 Å². The van der Waals surface area contributed by atoms with Gasteiger partial charge in [-0.05, 0) is 43.2 Å². The van der Waals surface area contributed by atoms with E-state index >= 15 is 0 Å². The summed E-state index contributed by atoms with van der Waals surface area (Å²) in [5, 5.41) is 3.54. The van der Waals surface area contributed by atoms with E-state index in [2.05, 4.69) is 42.3 Å². The van der Waals surface area contributed by atoms with Crippen LogP contribution in [0.25, 0.3) is 0 Å². The van der Waals surface area contributed by atoms with Crippen molar-refractivity contribution in [3.8, 4) is 0 Å². The van der Waals surface area contributed by atoms with Crippen molar-refractivity contribution >= 4 is 5.82 Å². The molecule has 110 valence electrons. The van der Waals surface area contributed by atoms with Crippen molar-refractivity contribution in [3.63, 3.8) is 0 Å². The maximum absolute atomic E-state index is 4.83. The van der Waals surface area contributed by atoms with E-state index in [1.54, 1.807) is 0 Å². The lowest BCUT2D eigenvalue weighted by Crippen LogP contribution is -2.39. The lowest BCUT2D eigenvalue weighted by atomic mass is 9.78. The molecule has 1 aliphatic heterocycles. The second-order valence-electron chi connectivity index (χ2n) is 6.79. The Balaban J connectivity index is 1.60. The molecule has 1 aliphatic carbocycles. The molecule has 0 unspecified atom stereocenters. The molecular weight excluding hydrogens is 246 g/mol. The molecule has 0 spiro atoms. The molecule has 0 bridgehead atoms. The fourth-order valence-corrected chi connectivity index (χ4v) is 2.91. The maximum atomic E-state index is 4.83. The molecule has 0 amide bonds. The van der Waals surface area contributed by atoms with Crippen LogP contribution in [0.15, 0.2) is 18.2 Å². The molecule has 0 atom stereocenters. The third-order valence-corrected chi connectivity index (χ3v) is 5.09. The molecule has 0 aromatic carbocycles. The zero-order chi connectivity index (χ0) is 14.0. The molecule has 3 rings (SSSR count). The van der Waals surface area contributed by atoms with Crippen LogP contribution in [0.5, 0.6) is 0 Å². The Bertz CT molecular complexity index is 445. The van der Waals surface area contributed by atoms with Crippen molar-refractivity contribution < 1.29 is 0 Å². The van der Waals surface area contributed by atoms with Gasteiger partial charge in [0.25, 0.3) is 0 Å². The summed E-state index contributed by atoms with van der Waals surface area (Å²) in [6, 6.07) is 7.20. The summed E-state index contributed by atoms with van der Waals surface area (Å²) in [4.78, 5) is 7.29. The Morgan fingerprint density at radius 1 is 1.30 bits per heavy atom. The second kappa shape index (κ2) is 5.72. The number of pyridine rings is 1. The fraction of sp³-hybridized carbons (Fsp3) is 0.706. The Kier molecular flexibility index (Phi) is 3.97. The van der Waals surface area contributed by atoms with E-state index in [9.17, 15) is 0 Å². The zero-order valence-electron chi connectivity index (χ0n) is 12.9. The van der Waals surface area contributed by atoms with Crippen molar-refractivity contribution in [1.29, 1.82) is 0 Å². The van der Waals surface area contributed by atoms with E-state index < -0.39 is 0 Å². The molecule has 2 heterocycles. The van der Waals surface area contributed by atoms with Crippen LogP contribution in [-0.2, 0) is 6.54 Å². The van der Waals surface area contributed by atoms with E-state index in [1.165, 1.54) is 43.6 Å². The van der Waals surface area contributed by atoms with Crippen LogP contribution in [-0.4, -0.2) is 24.1 Å². The summed E-state index contributed by atoms with van der Waals surface area (Å²) in [7, 11) is 0. The summed E-state index contributed by atoms with van der Waals surface area (Å²) in [6.07, 6.45) is 6.54. The van der Waals surface area contributed by atoms with E-state index in [1.807, 2.05) is 0 Å². The van der Waals surface area contributed by atoms with Crippen LogP contribution in [0.2, 0.25) is 0 Å². The maximum Gasteiger partial charge on any atom is 0.128 e. The van der Waals surface area contributed by atoms with E-state index in [0.717, 1.165) is 25.7 Å². The molecule has 2 fully saturated rings.